The average Bonchev–Trinajstić information content (AvgIpc) is 3.24. The van der Waals surface area contributed by atoms with Crippen LogP contribution in [0.5, 0.6) is 5.75 Å². The summed E-state index contributed by atoms with van der Waals surface area (Å²) in [6.45, 7) is 1.75. The number of carbonyl (C=O) groups excluding carboxylic acids is 1. The van der Waals surface area contributed by atoms with Crippen molar-refractivity contribution in [3.8, 4) is 17.2 Å². The standard InChI is InChI=1S/C16H19N3O3/c1-21-13-6-4-5-12(11-13)16-18-17-14(22-16)7-8-15(20)19-9-2-3-10-19/h4-6,11H,2-3,7-10H2,1H3. The molecule has 2 aromatic rings. The summed E-state index contributed by atoms with van der Waals surface area (Å²) in [6.07, 6.45) is 3.10. The Hall–Kier alpha value is -2.37. The summed E-state index contributed by atoms with van der Waals surface area (Å²) < 4.78 is 10.8. The molecule has 0 radical (unpaired) electrons. The van der Waals surface area contributed by atoms with Gasteiger partial charge in [-0.2, -0.15) is 0 Å². The number of nitrogens with zero attached hydrogens (tertiary/aromatic N) is 3. The molecule has 1 aromatic heterocycles. The molecule has 3 rings (SSSR count). The van der Waals surface area contributed by atoms with Crippen LogP contribution in [-0.2, 0) is 11.2 Å². The predicted molar refractivity (Wildman–Crippen MR) is 80.4 cm³/mol. The third kappa shape index (κ3) is 3.27. The van der Waals surface area contributed by atoms with Gasteiger partial charge in [-0.05, 0) is 31.0 Å². The van der Waals surface area contributed by atoms with Crippen molar-refractivity contribution in [2.75, 3.05) is 20.2 Å². The molecule has 0 bridgehead atoms. The first-order valence-electron chi connectivity index (χ1n) is 7.51. The summed E-state index contributed by atoms with van der Waals surface area (Å²) in [5.74, 6) is 1.84. The van der Waals surface area contributed by atoms with Crippen molar-refractivity contribution in [2.45, 2.75) is 25.7 Å². The second-order valence-corrected chi connectivity index (χ2v) is 5.32. The lowest BCUT2D eigenvalue weighted by molar-refractivity contribution is -0.130. The monoisotopic (exact) mass is 301 g/mol. The van der Waals surface area contributed by atoms with Gasteiger partial charge in [-0.25, -0.2) is 0 Å². The fourth-order valence-corrected chi connectivity index (χ4v) is 2.57. The summed E-state index contributed by atoms with van der Waals surface area (Å²) in [5.41, 5.74) is 0.809. The van der Waals surface area contributed by atoms with E-state index in [2.05, 4.69) is 10.2 Å². The molecule has 1 aromatic carbocycles. The van der Waals surface area contributed by atoms with Gasteiger partial charge in [0.05, 0.1) is 7.11 Å². The van der Waals surface area contributed by atoms with Crippen LogP contribution in [0.3, 0.4) is 0 Å². The Bertz CT molecular complexity index is 648. The van der Waals surface area contributed by atoms with E-state index in [0.29, 0.717) is 24.6 Å². The maximum Gasteiger partial charge on any atom is 0.247 e. The molecule has 0 unspecified atom stereocenters. The summed E-state index contributed by atoms with van der Waals surface area (Å²) in [5, 5.41) is 8.06. The largest absolute Gasteiger partial charge is 0.497 e. The Balaban J connectivity index is 1.62. The fourth-order valence-electron chi connectivity index (χ4n) is 2.57. The number of benzene rings is 1. The van der Waals surface area contributed by atoms with Gasteiger partial charge in [0.15, 0.2) is 0 Å². The smallest absolute Gasteiger partial charge is 0.247 e. The average molecular weight is 301 g/mol. The van der Waals surface area contributed by atoms with Crippen LogP contribution in [0.15, 0.2) is 28.7 Å². The minimum absolute atomic E-state index is 0.165. The van der Waals surface area contributed by atoms with E-state index >= 15 is 0 Å². The molecule has 0 spiro atoms. The van der Waals surface area contributed by atoms with Gasteiger partial charge in [-0.1, -0.05) is 6.07 Å². The van der Waals surface area contributed by atoms with Crippen LogP contribution in [0.1, 0.15) is 25.2 Å². The minimum atomic E-state index is 0.165. The van der Waals surface area contributed by atoms with Crippen LogP contribution in [0.2, 0.25) is 0 Å². The van der Waals surface area contributed by atoms with Gasteiger partial charge in [0.2, 0.25) is 17.7 Å². The topological polar surface area (TPSA) is 68.5 Å². The molecule has 1 amide bonds. The zero-order valence-electron chi connectivity index (χ0n) is 12.6. The zero-order chi connectivity index (χ0) is 15.4. The molecule has 22 heavy (non-hydrogen) atoms. The number of carbonyl (C=O) groups is 1. The van der Waals surface area contributed by atoms with Crippen molar-refractivity contribution < 1.29 is 13.9 Å². The van der Waals surface area contributed by atoms with E-state index < -0.39 is 0 Å². The zero-order valence-corrected chi connectivity index (χ0v) is 12.6. The Kier molecular flexibility index (Phi) is 4.37. The van der Waals surface area contributed by atoms with E-state index in [0.717, 1.165) is 37.2 Å². The van der Waals surface area contributed by atoms with Crippen LogP contribution in [0.4, 0.5) is 0 Å². The molecule has 0 saturated carbocycles. The quantitative estimate of drug-likeness (QED) is 0.847. The summed E-state index contributed by atoms with van der Waals surface area (Å²) >= 11 is 0. The van der Waals surface area contributed by atoms with Crippen molar-refractivity contribution in [1.82, 2.24) is 15.1 Å². The highest BCUT2D eigenvalue weighted by Gasteiger charge is 2.18. The fraction of sp³-hybridized carbons (Fsp3) is 0.438. The summed E-state index contributed by atoms with van der Waals surface area (Å²) in [7, 11) is 1.61. The van der Waals surface area contributed by atoms with E-state index in [9.17, 15) is 4.79 Å². The van der Waals surface area contributed by atoms with E-state index in [1.165, 1.54) is 0 Å². The molecule has 116 valence electrons. The van der Waals surface area contributed by atoms with Crippen molar-refractivity contribution >= 4 is 5.91 Å². The molecule has 2 heterocycles. The molecule has 1 aliphatic heterocycles. The van der Waals surface area contributed by atoms with E-state index in [1.54, 1.807) is 7.11 Å². The van der Waals surface area contributed by atoms with Gasteiger partial charge < -0.3 is 14.1 Å². The van der Waals surface area contributed by atoms with Crippen molar-refractivity contribution in [3.63, 3.8) is 0 Å². The second kappa shape index (κ2) is 6.60. The second-order valence-electron chi connectivity index (χ2n) is 5.32. The number of amides is 1. The highest BCUT2D eigenvalue weighted by atomic mass is 16.5. The SMILES string of the molecule is COc1cccc(-c2nnc(CCC(=O)N3CCCC3)o2)c1. The molecule has 1 aliphatic rings. The number of methoxy groups -OCH3 is 1. The minimum Gasteiger partial charge on any atom is -0.497 e. The first-order valence-corrected chi connectivity index (χ1v) is 7.51. The predicted octanol–water partition coefficient (Wildman–Crippen LogP) is 2.30. The number of rotatable bonds is 5. The highest BCUT2D eigenvalue weighted by molar-refractivity contribution is 5.76. The third-order valence-electron chi connectivity index (χ3n) is 3.80. The summed E-state index contributed by atoms with van der Waals surface area (Å²) in [6, 6.07) is 7.45. The number of aryl methyl sites for hydroxylation is 1. The first-order chi connectivity index (χ1) is 10.8. The number of hydrogen-bond acceptors (Lipinski definition) is 5. The van der Waals surface area contributed by atoms with Gasteiger partial charge >= 0.3 is 0 Å². The molecule has 1 fully saturated rings. The molecule has 6 heteroatoms. The molecule has 0 atom stereocenters. The van der Waals surface area contributed by atoms with Crippen LogP contribution < -0.4 is 4.74 Å². The molecule has 0 N–H and O–H groups in total. The van der Waals surface area contributed by atoms with Gasteiger partial charge in [0.25, 0.3) is 0 Å². The van der Waals surface area contributed by atoms with E-state index in [1.807, 2.05) is 29.2 Å². The third-order valence-corrected chi connectivity index (χ3v) is 3.80. The van der Waals surface area contributed by atoms with Crippen LogP contribution in [0, 0.1) is 0 Å². The summed E-state index contributed by atoms with van der Waals surface area (Å²) in [4.78, 5) is 13.9. The van der Waals surface area contributed by atoms with Gasteiger partial charge in [0, 0.05) is 31.5 Å². The van der Waals surface area contributed by atoms with E-state index in [4.69, 9.17) is 9.15 Å². The molecule has 0 aliphatic carbocycles. The Morgan fingerprint density at radius 2 is 2.14 bits per heavy atom. The molecule has 1 saturated heterocycles. The maximum absolute atomic E-state index is 12.0. The molecular formula is C16H19N3O3. The van der Waals surface area contributed by atoms with E-state index in [-0.39, 0.29) is 5.91 Å². The van der Waals surface area contributed by atoms with Crippen molar-refractivity contribution in [2.24, 2.45) is 0 Å². The van der Waals surface area contributed by atoms with Gasteiger partial charge in [-0.3, -0.25) is 4.79 Å². The Morgan fingerprint density at radius 1 is 1.32 bits per heavy atom. The van der Waals surface area contributed by atoms with Crippen molar-refractivity contribution in [3.05, 3.63) is 30.2 Å². The van der Waals surface area contributed by atoms with Crippen LogP contribution in [0.25, 0.3) is 11.5 Å². The van der Waals surface area contributed by atoms with Gasteiger partial charge in [-0.15, -0.1) is 10.2 Å². The Morgan fingerprint density at radius 3 is 2.91 bits per heavy atom. The van der Waals surface area contributed by atoms with Crippen LogP contribution in [-0.4, -0.2) is 41.2 Å². The normalized spacial score (nSPS) is 14.3. The lowest BCUT2D eigenvalue weighted by Gasteiger charge is -2.13. The van der Waals surface area contributed by atoms with Crippen LogP contribution >= 0.6 is 0 Å². The maximum atomic E-state index is 12.0. The number of hydrogen-bond donors (Lipinski definition) is 0. The lowest BCUT2D eigenvalue weighted by atomic mass is 10.2. The number of likely N-dealkylation sites (tertiary alicyclic amines) is 1. The molecular weight excluding hydrogens is 282 g/mol. The van der Waals surface area contributed by atoms with Crippen molar-refractivity contribution in [1.29, 1.82) is 0 Å². The number of ether oxygens (including phenoxy) is 1. The molecule has 6 nitrogen and oxygen atoms in total. The highest BCUT2D eigenvalue weighted by Crippen LogP contribution is 2.23. The van der Waals surface area contributed by atoms with Gasteiger partial charge in [0.1, 0.15) is 5.75 Å². The number of aromatic nitrogens is 2. The first kappa shape index (κ1) is 14.6. The lowest BCUT2D eigenvalue weighted by Crippen LogP contribution is -2.27. The Labute approximate surface area is 129 Å².